The van der Waals surface area contributed by atoms with Crippen LogP contribution in [0.4, 0.5) is 0 Å². The van der Waals surface area contributed by atoms with Gasteiger partial charge in [0.15, 0.2) is 0 Å². The van der Waals surface area contributed by atoms with Crippen LogP contribution in [0.5, 0.6) is 0 Å². The summed E-state index contributed by atoms with van der Waals surface area (Å²) in [5.74, 6) is 2.49. The summed E-state index contributed by atoms with van der Waals surface area (Å²) in [6.45, 7) is 0. The molecule has 1 rings (SSSR count). The molecule has 2 unspecified atom stereocenters. The largest absolute Gasteiger partial charge is 0.123 e. The fourth-order valence-electron chi connectivity index (χ4n) is 1.35. The highest BCUT2D eigenvalue weighted by Crippen LogP contribution is 2.32. The number of hydrogen-bond acceptors (Lipinski definition) is 0. The van der Waals surface area contributed by atoms with E-state index in [-0.39, 0.29) is 0 Å². The maximum absolute atomic E-state index is 5.89. The van der Waals surface area contributed by atoms with Crippen LogP contribution in [0.15, 0.2) is 0 Å². The van der Waals surface area contributed by atoms with Crippen LogP contribution in [0.1, 0.15) is 25.7 Å². The minimum absolute atomic E-state index is 0.423. The fourth-order valence-corrected chi connectivity index (χ4v) is 1.98. The van der Waals surface area contributed by atoms with Crippen LogP contribution in [0.25, 0.3) is 0 Å². The van der Waals surface area contributed by atoms with Crippen molar-refractivity contribution in [1.29, 1.82) is 0 Å². The quantitative estimate of drug-likeness (QED) is 0.552. The SMILES string of the molecule is Cl[CH]CC1CCC(Cl)C1. The zero-order valence-electron chi connectivity index (χ0n) is 5.32. The molecule has 2 atom stereocenters. The smallest absolute Gasteiger partial charge is 0.0502 e. The predicted octanol–water partition coefficient (Wildman–Crippen LogP) is 3.18. The van der Waals surface area contributed by atoms with Gasteiger partial charge in [-0.1, -0.05) is 0 Å². The van der Waals surface area contributed by atoms with Gasteiger partial charge in [0.2, 0.25) is 0 Å². The highest BCUT2D eigenvalue weighted by Gasteiger charge is 2.21. The molecule has 1 saturated carbocycles. The van der Waals surface area contributed by atoms with E-state index in [1.807, 2.05) is 0 Å². The Morgan fingerprint density at radius 2 is 2.22 bits per heavy atom. The molecule has 1 radical (unpaired) electrons. The zero-order chi connectivity index (χ0) is 6.69. The second-order valence-corrected chi connectivity index (χ2v) is 3.59. The summed E-state index contributed by atoms with van der Waals surface area (Å²) in [7, 11) is 0. The van der Waals surface area contributed by atoms with E-state index in [1.165, 1.54) is 12.8 Å². The van der Waals surface area contributed by atoms with Crippen molar-refractivity contribution in [3.05, 3.63) is 5.88 Å². The molecule has 0 nitrogen and oxygen atoms in total. The third kappa shape index (κ3) is 2.35. The minimum atomic E-state index is 0.423. The van der Waals surface area contributed by atoms with Gasteiger partial charge in [-0.05, 0) is 31.6 Å². The molecule has 0 heterocycles. The van der Waals surface area contributed by atoms with E-state index in [1.54, 1.807) is 5.88 Å². The third-order valence-electron chi connectivity index (χ3n) is 1.90. The molecule has 0 aliphatic heterocycles. The maximum Gasteiger partial charge on any atom is 0.0502 e. The molecule has 53 valence electrons. The Morgan fingerprint density at radius 3 is 2.67 bits per heavy atom. The molecular formula is C7H11Cl2. The number of halogens is 2. The van der Waals surface area contributed by atoms with Crippen molar-refractivity contribution in [2.24, 2.45) is 5.92 Å². The van der Waals surface area contributed by atoms with Crippen molar-refractivity contribution in [3.8, 4) is 0 Å². The average Bonchev–Trinajstić information content (AvgIpc) is 2.17. The number of hydrogen-bond donors (Lipinski definition) is 0. The van der Waals surface area contributed by atoms with Gasteiger partial charge >= 0.3 is 0 Å². The Hall–Kier alpha value is 0.580. The second kappa shape index (κ2) is 3.68. The van der Waals surface area contributed by atoms with E-state index in [9.17, 15) is 0 Å². The van der Waals surface area contributed by atoms with Crippen molar-refractivity contribution < 1.29 is 0 Å². The van der Waals surface area contributed by atoms with Gasteiger partial charge in [-0.15, -0.1) is 23.2 Å². The maximum atomic E-state index is 5.89. The van der Waals surface area contributed by atoms with Crippen LogP contribution in [0.3, 0.4) is 0 Å². The summed E-state index contributed by atoms with van der Waals surface area (Å²) in [4.78, 5) is 0. The Bertz CT molecular complexity index is 81.0. The summed E-state index contributed by atoms with van der Waals surface area (Å²) in [5.41, 5.74) is 0. The molecule has 0 aromatic rings. The van der Waals surface area contributed by atoms with Gasteiger partial charge in [-0.3, -0.25) is 0 Å². The molecule has 0 aromatic carbocycles. The lowest BCUT2D eigenvalue weighted by Gasteiger charge is -2.03. The van der Waals surface area contributed by atoms with Crippen molar-refractivity contribution in [1.82, 2.24) is 0 Å². The van der Waals surface area contributed by atoms with Crippen LogP contribution in [0, 0.1) is 11.8 Å². The molecule has 0 aromatic heterocycles. The number of alkyl halides is 1. The molecule has 2 heteroatoms. The Kier molecular flexibility index (Phi) is 3.14. The first-order chi connectivity index (χ1) is 4.33. The molecule has 0 bridgehead atoms. The Labute approximate surface area is 66.5 Å². The number of rotatable bonds is 2. The summed E-state index contributed by atoms with van der Waals surface area (Å²) < 4.78 is 0. The van der Waals surface area contributed by atoms with Crippen LogP contribution < -0.4 is 0 Å². The predicted molar refractivity (Wildman–Crippen MR) is 41.8 cm³/mol. The zero-order valence-corrected chi connectivity index (χ0v) is 6.83. The topological polar surface area (TPSA) is 0 Å². The Balaban J connectivity index is 2.14. The minimum Gasteiger partial charge on any atom is -0.123 e. The van der Waals surface area contributed by atoms with E-state index < -0.39 is 0 Å². The van der Waals surface area contributed by atoms with Crippen LogP contribution in [0.2, 0.25) is 0 Å². The standard InChI is InChI=1S/C7H11Cl2/c8-4-3-6-1-2-7(9)5-6/h4,6-7H,1-3,5H2. The van der Waals surface area contributed by atoms with E-state index in [4.69, 9.17) is 23.2 Å². The first kappa shape index (κ1) is 7.68. The first-order valence-electron chi connectivity index (χ1n) is 3.39. The summed E-state index contributed by atoms with van der Waals surface area (Å²) >= 11 is 11.3. The van der Waals surface area contributed by atoms with E-state index in [0.717, 1.165) is 18.8 Å². The molecule has 1 aliphatic carbocycles. The Morgan fingerprint density at radius 1 is 1.44 bits per heavy atom. The molecule has 9 heavy (non-hydrogen) atoms. The molecular weight excluding hydrogens is 155 g/mol. The molecule has 1 fully saturated rings. The van der Waals surface area contributed by atoms with Gasteiger partial charge in [0.1, 0.15) is 0 Å². The molecule has 0 saturated heterocycles. The van der Waals surface area contributed by atoms with Gasteiger partial charge in [0.25, 0.3) is 0 Å². The van der Waals surface area contributed by atoms with Crippen molar-refractivity contribution in [3.63, 3.8) is 0 Å². The molecule has 0 N–H and O–H groups in total. The van der Waals surface area contributed by atoms with E-state index in [2.05, 4.69) is 0 Å². The molecule has 0 spiro atoms. The van der Waals surface area contributed by atoms with E-state index in [0.29, 0.717) is 5.38 Å². The van der Waals surface area contributed by atoms with Gasteiger partial charge in [0.05, 0.1) is 5.88 Å². The normalized spacial score (nSPS) is 35.3. The van der Waals surface area contributed by atoms with Crippen LogP contribution in [-0.2, 0) is 0 Å². The average molecular weight is 166 g/mol. The molecule has 0 amide bonds. The first-order valence-corrected chi connectivity index (χ1v) is 4.26. The summed E-state index contributed by atoms with van der Waals surface area (Å²) in [5, 5.41) is 0.423. The van der Waals surface area contributed by atoms with Gasteiger partial charge in [0, 0.05) is 5.38 Å². The van der Waals surface area contributed by atoms with Crippen LogP contribution >= 0.6 is 23.2 Å². The van der Waals surface area contributed by atoms with Crippen molar-refractivity contribution >= 4 is 23.2 Å². The van der Waals surface area contributed by atoms with Crippen molar-refractivity contribution in [2.75, 3.05) is 0 Å². The van der Waals surface area contributed by atoms with Gasteiger partial charge < -0.3 is 0 Å². The highest BCUT2D eigenvalue weighted by atomic mass is 35.5. The van der Waals surface area contributed by atoms with Gasteiger partial charge in [-0.2, -0.15) is 0 Å². The summed E-state index contributed by atoms with van der Waals surface area (Å²) in [6.07, 6.45) is 4.63. The van der Waals surface area contributed by atoms with Crippen LogP contribution in [-0.4, -0.2) is 5.38 Å². The summed E-state index contributed by atoms with van der Waals surface area (Å²) in [6, 6.07) is 0. The highest BCUT2D eigenvalue weighted by molar-refractivity contribution is 6.23. The van der Waals surface area contributed by atoms with Gasteiger partial charge in [-0.25, -0.2) is 0 Å². The molecule has 1 aliphatic rings. The third-order valence-corrected chi connectivity index (χ3v) is 2.47. The lowest BCUT2D eigenvalue weighted by molar-refractivity contribution is 0.552. The second-order valence-electron chi connectivity index (χ2n) is 2.67. The monoisotopic (exact) mass is 165 g/mol. The lowest BCUT2D eigenvalue weighted by atomic mass is 10.1. The van der Waals surface area contributed by atoms with E-state index >= 15 is 0 Å². The fraction of sp³-hybridized carbons (Fsp3) is 0.857. The van der Waals surface area contributed by atoms with Crippen molar-refractivity contribution in [2.45, 2.75) is 31.1 Å². The lowest BCUT2D eigenvalue weighted by Crippen LogP contribution is -1.93.